The van der Waals surface area contributed by atoms with Crippen LogP contribution >= 0.6 is 0 Å². The molecule has 0 radical (unpaired) electrons. The van der Waals surface area contributed by atoms with Gasteiger partial charge in [0.1, 0.15) is 5.75 Å². The zero-order chi connectivity index (χ0) is 30.9. The van der Waals surface area contributed by atoms with Crippen LogP contribution in [-0.2, 0) is 26.2 Å². The number of methoxy groups -OCH3 is 1. The minimum atomic E-state index is -0.413. The lowest BCUT2D eigenvalue weighted by Crippen LogP contribution is -2.68. The van der Waals surface area contributed by atoms with Gasteiger partial charge in [-0.2, -0.15) is 0 Å². The molecule has 6 heteroatoms. The van der Waals surface area contributed by atoms with Crippen molar-refractivity contribution in [3.8, 4) is 5.75 Å². The van der Waals surface area contributed by atoms with Crippen molar-refractivity contribution >= 4 is 11.9 Å². The highest BCUT2D eigenvalue weighted by atomic mass is 16.5. The summed E-state index contributed by atoms with van der Waals surface area (Å²) in [6.45, 7) is 13.1. The van der Waals surface area contributed by atoms with Gasteiger partial charge in [-0.1, -0.05) is 68.8 Å². The summed E-state index contributed by atoms with van der Waals surface area (Å²) in [7, 11) is 1.84. The van der Waals surface area contributed by atoms with Gasteiger partial charge in [0, 0.05) is 51.5 Å². The molecule has 6 nitrogen and oxygen atoms in total. The van der Waals surface area contributed by atoms with Crippen LogP contribution in [0.5, 0.6) is 5.75 Å². The quantitative estimate of drug-likeness (QED) is 0.103. The molecule has 1 amide bonds. The molecular formula is C37H52N2O4. The molecule has 0 aromatic heterocycles. The lowest BCUT2D eigenvalue weighted by molar-refractivity contribution is -0.161. The molecule has 0 spiro atoms. The van der Waals surface area contributed by atoms with Crippen LogP contribution in [0.4, 0.5) is 0 Å². The Hall–Kier alpha value is -2.96. The van der Waals surface area contributed by atoms with E-state index in [1.165, 1.54) is 12.5 Å². The van der Waals surface area contributed by atoms with E-state index in [0.29, 0.717) is 18.1 Å². The Morgan fingerprint density at radius 2 is 1.88 bits per heavy atom. The fourth-order valence-corrected chi connectivity index (χ4v) is 7.61. The topological polar surface area (TPSA) is 59.1 Å². The highest BCUT2D eigenvalue weighted by molar-refractivity contribution is 5.76. The molecule has 1 saturated heterocycles. The molecule has 1 aliphatic carbocycles. The van der Waals surface area contributed by atoms with Crippen molar-refractivity contribution < 1.29 is 19.1 Å². The fraction of sp³-hybridized carbons (Fsp3) is 0.568. The second-order valence-electron chi connectivity index (χ2n) is 13.1. The van der Waals surface area contributed by atoms with Crippen molar-refractivity contribution in [2.75, 3.05) is 33.3 Å². The zero-order valence-electron chi connectivity index (χ0n) is 26.9. The number of hydrogen-bond acceptors (Lipinski definition) is 5. The van der Waals surface area contributed by atoms with E-state index in [0.717, 1.165) is 83.1 Å². The number of amides is 1. The number of rotatable bonds is 14. The molecule has 1 saturated carbocycles. The first kappa shape index (κ1) is 32.9. The molecular weight excluding hydrogens is 536 g/mol. The second kappa shape index (κ2) is 15.2. The summed E-state index contributed by atoms with van der Waals surface area (Å²) in [6, 6.07) is 18.7. The second-order valence-corrected chi connectivity index (χ2v) is 13.1. The van der Waals surface area contributed by atoms with Crippen LogP contribution in [-0.4, -0.2) is 66.6 Å². The smallest absolute Gasteiger partial charge is 0.308 e. The van der Waals surface area contributed by atoms with Crippen molar-refractivity contribution in [1.82, 2.24) is 9.80 Å². The number of esters is 1. The number of fused-ring (bicyclic) bond motifs is 1. The molecule has 2 aromatic carbocycles. The summed E-state index contributed by atoms with van der Waals surface area (Å²) in [5, 5.41) is 0. The van der Waals surface area contributed by atoms with Crippen LogP contribution in [0, 0.1) is 5.92 Å². The van der Waals surface area contributed by atoms with E-state index in [4.69, 9.17) is 9.47 Å². The number of unbranched alkanes of at least 4 members (excludes halogenated alkanes) is 2. The largest absolute Gasteiger partial charge is 0.427 e. The minimum Gasteiger partial charge on any atom is -0.427 e. The molecule has 3 atom stereocenters. The Kier molecular flexibility index (Phi) is 11.6. The number of carbonyl (C=O) groups is 2. The van der Waals surface area contributed by atoms with E-state index in [-0.39, 0.29) is 23.3 Å². The Morgan fingerprint density at radius 1 is 1.09 bits per heavy atom. The normalized spacial score (nSPS) is 23.9. The molecule has 234 valence electrons. The van der Waals surface area contributed by atoms with Crippen LogP contribution < -0.4 is 4.74 Å². The van der Waals surface area contributed by atoms with E-state index in [9.17, 15) is 9.59 Å². The standard InChI is InChI=1S/C37H52N2O4/c1-6-23-38-24-22-36(32-17-13-18-34(25-32)43-30(4)40)26-33(20-21-37(36,28-38)42-5)39(27-29(2)3)35(41)19-12-8-11-16-31-14-9-7-10-15-31/h6-7,9-10,13-15,17-18,25,29,33H,1,8,11-12,16,19-24,26-28H2,2-5H3/t33-,36+,37+/m1/s1. The van der Waals surface area contributed by atoms with E-state index >= 15 is 0 Å². The number of ether oxygens (including phenoxy) is 2. The van der Waals surface area contributed by atoms with Gasteiger partial charge in [-0.05, 0) is 80.7 Å². The van der Waals surface area contributed by atoms with E-state index in [2.05, 4.69) is 66.6 Å². The maximum absolute atomic E-state index is 13.9. The highest BCUT2D eigenvalue weighted by Crippen LogP contribution is 2.54. The molecule has 2 aromatic rings. The van der Waals surface area contributed by atoms with E-state index in [1.807, 2.05) is 31.4 Å². The number of carbonyl (C=O) groups excluding carboxylic acids is 2. The monoisotopic (exact) mass is 588 g/mol. The Labute approximate surface area is 259 Å². The van der Waals surface area contributed by atoms with Crippen LogP contribution in [0.1, 0.15) is 83.3 Å². The summed E-state index contributed by atoms with van der Waals surface area (Å²) < 4.78 is 12.1. The third-order valence-electron chi connectivity index (χ3n) is 9.62. The molecule has 0 N–H and O–H groups in total. The molecule has 0 bridgehead atoms. The fourth-order valence-electron chi connectivity index (χ4n) is 7.61. The predicted octanol–water partition coefficient (Wildman–Crippen LogP) is 6.97. The first-order valence-corrected chi connectivity index (χ1v) is 16.2. The number of aryl methyl sites for hydroxylation is 1. The molecule has 2 fully saturated rings. The molecule has 2 aliphatic rings. The number of piperidine rings is 1. The summed E-state index contributed by atoms with van der Waals surface area (Å²) in [4.78, 5) is 30.4. The summed E-state index contributed by atoms with van der Waals surface area (Å²) in [5.41, 5.74) is 1.77. The first-order valence-electron chi connectivity index (χ1n) is 16.2. The predicted molar refractivity (Wildman–Crippen MR) is 173 cm³/mol. The van der Waals surface area contributed by atoms with Gasteiger partial charge in [0.25, 0.3) is 0 Å². The Bertz CT molecular complexity index is 1210. The minimum absolute atomic E-state index is 0.130. The van der Waals surface area contributed by atoms with Crippen LogP contribution in [0.3, 0.4) is 0 Å². The van der Waals surface area contributed by atoms with E-state index in [1.54, 1.807) is 0 Å². The maximum Gasteiger partial charge on any atom is 0.308 e. The van der Waals surface area contributed by atoms with Crippen molar-refractivity contribution in [3.05, 3.63) is 78.4 Å². The summed E-state index contributed by atoms with van der Waals surface area (Å²) >= 11 is 0. The number of likely N-dealkylation sites (tertiary alicyclic amines) is 1. The van der Waals surface area contributed by atoms with Gasteiger partial charge in [0.15, 0.2) is 0 Å². The first-order chi connectivity index (χ1) is 20.7. The SMILES string of the molecule is C=CCN1CC[C@@]2(c3cccc(OC(C)=O)c3)C[C@H](N(CC(C)C)C(=O)CCCCCc3ccccc3)CC[C@]2(OC)C1. The number of nitrogens with zero attached hydrogens (tertiary/aromatic N) is 2. The third-order valence-corrected chi connectivity index (χ3v) is 9.62. The summed E-state index contributed by atoms with van der Waals surface area (Å²) in [5.74, 6) is 0.892. The lowest BCUT2D eigenvalue weighted by atomic mass is 9.55. The molecule has 1 heterocycles. The van der Waals surface area contributed by atoms with Gasteiger partial charge < -0.3 is 14.4 Å². The number of benzene rings is 2. The molecule has 1 aliphatic heterocycles. The molecule has 4 rings (SSSR count). The van der Waals surface area contributed by atoms with Gasteiger partial charge in [-0.25, -0.2) is 0 Å². The average Bonchev–Trinajstić information content (AvgIpc) is 2.99. The van der Waals surface area contributed by atoms with Gasteiger partial charge >= 0.3 is 5.97 Å². The van der Waals surface area contributed by atoms with Gasteiger partial charge in [-0.15, -0.1) is 6.58 Å². The van der Waals surface area contributed by atoms with Crippen molar-refractivity contribution in [1.29, 1.82) is 0 Å². The van der Waals surface area contributed by atoms with Crippen molar-refractivity contribution in [3.63, 3.8) is 0 Å². The molecule has 43 heavy (non-hydrogen) atoms. The zero-order valence-corrected chi connectivity index (χ0v) is 26.9. The Morgan fingerprint density at radius 3 is 2.58 bits per heavy atom. The van der Waals surface area contributed by atoms with Crippen molar-refractivity contribution in [2.45, 2.75) is 95.6 Å². The van der Waals surface area contributed by atoms with E-state index < -0.39 is 5.60 Å². The van der Waals surface area contributed by atoms with Gasteiger partial charge in [-0.3, -0.25) is 14.5 Å². The lowest BCUT2D eigenvalue weighted by Gasteiger charge is -2.60. The van der Waals surface area contributed by atoms with Crippen LogP contribution in [0.25, 0.3) is 0 Å². The maximum atomic E-state index is 13.9. The van der Waals surface area contributed by atoms with Crippen molar-refractivity contribution in [2.24, 2.45) is 5.92 Å². The summed E-state index contributed by atoms with van der Waals surface area (Å²) in [6.07, 6.45) is 10.2. The van der Waals surface area contributed by atoms with Crippen LogP contribution in [0.2, 0.25) is 0 Å². The molecule has 0 unspecified atom stereocenters. The third kappa shape index (κ3) is 7.96. The van der Waals surface area contributed by atoms with Gasteiger partial charge in [0.05, 0.1) is 5.60 Å². The Balaban J connectivity index is 1.56. The van der Waals surface area contributed by atoms with Crippen LogP contribution in [0.15, 0.2) is 67.3 Å². The van der Waals surface area contributed by atoms with Gasteiger partial charge in [0.2, 0.25) is 5.91 Å². The average molecular weight is 589 g/mol. The number of hydrogen-bond donors (Lipinski definition) is 0. The highest BCUT2D eigenvalue weighted by Gasteiger charge is 2.59.